The van der Waals surface area contributed by atoms with Crippen LogP contribution in [-0.2, 0) is 0 Å². The van der Waals surface area contributed by atoms with Crippen molar-refractivity contribution in [1.82, 2.24) is 9.38 Å². The molecule has 0 N–H and O–H groups in total. The molecule has 4 rings (SSSR count). The summed E-state index contributed by atoms with van der Waals surface area (Å²) in [6.45, 7) is 2.14. The molecule has 2 nitrogen and oxygen atoms in total. The van der Waals surface area contributed by atoms with Gasteiger partial charge in [0, 0.05) is 18.0 Å². The molecule has 22 heavy (non-hydrogen) atoms. The van der Waals surface area contributed by atoms with Crippen molar-refractivity contribution in [3.05, 3.63) is 84.7 Å². The van der Waals surface area contributed by atoms with Gasteiger partial charge >= 0.3 is 0 Å². The van der Waals surface area contributed by atoms with Crippen molar-refractivity contribution in [2.45, 2.75) is 6.92 Å². The van der Waals surface area contributed by atoms with E-state index in [0.717, 1.165) is 16.9 Å². The van der Waals surface area contributed by atoms with Crippen LogP contribution in [0.1, 0.15) is 5.56 Å². The van der Waals surface area contributed by atoms with Gasteiger partial charge in [-0.3, -0.25) is 0 Å². The van der Waals surface area contributed by atoms with Crippen LogP contribution >= 0.6 is 0 Å². The summed E-state index contributed by atoms with van der Waals surface area (Å²) in [5, 5.41) is 0. The quantitative estimate of drug-likeness (QED) is 0.507. The van der Waals surface area contributed by atoms with E-state index < -0.39 is 0 Å². The van der Waals surface area contributed by atoms with E-state index >= 15 is 0 Å². The maximum absolute atomic E-state index is 4.77. The Balaban J connectivity index is 1.88. The Hall–Kier alpha value is -2.87. The molecule has 2 heteroatoms. The smallest absolute Gasteiger partial charge is 0.138 e. The van der Waals surface area contributed by atoms with Crippen LogP contribution in [0.2, 0.25) is 0 Å². The van der Waals surface area contributed by atoms with E-state index in [1.807, 2.05) is 24.3 Å². The normalized spacial score (nSPS) is 11.0. The van der Waals surface area contributed by atoms with Gasteiger partial charge in [0.25, 0.3) is 0 Å². The molecule has 0 atom stereocenters. The van der Waals surface area contributed by atoms with E-state index in [0.29, 0.717) is 0 Å². The minimum absolute atomic E-state index is 0.975. The highest BCUT2D eigenvalue weighted by Crippen LogP contribution is 2.26. The Morgan fingerprint density at radius 3 is 2.09 bits per heavy atom. The van der Waals surface area contributed by atoms with Crippen molar-refractivity contribution in [2.75, 3.05) is 0 Å². The van der Waals surface area contributed by atoms with Gasteiger partial charge in [-0.2, -0.15) is 0 Å². The topological polar surface area (TPSA) is 17.3 Å². The summed E-state index contributed by atoms with van der Waals surface area (Å²) in [7, 11) is 0. The van der Waals surface area contributed by atoms with Crippen LogP contribution in [-0.4, -0.2) is 9.38 Å². The first-order chi connectivity index (χ1) is 10.8. The average Bonchev–Trinajstić information content (AvgIpc) is 2.98. The van der Waals surface area contributed by atoms with Crippen molar-refractivity contribution in [3.63, 3.8) is 0 Å². The van der Waals surface area contributed by atoms with Crippen LogP contribution in [0.15, 0.2) is 79.1 Å². The van der Waals surface area contributed by atoms with Gasteiger partial charge in [0.1, 0.15) is 5.65 Å². The van der Waals surface area contributed by atoms with E-state index in [-0.39, 0.29) is 0 Å². The second kappa shape index (κ2) is 5.15. The fourth-order valence-electron chi connectivity index (χ4n) is 2.82. The number of imidazole rings is 1. The average molecular weight is 284 g/mol. The van der Waals surface area contributed by atoms with Gasteiger partial charge in [-0.1, -0.05) is 60.7 Å². The number of pyridine rings is 1. The number of hydrogen-bond donors (Lipinski definition) is 0. The van der Waals surface area contributed by atoms with Crippen LogP contribution in [0, 0.1) is 6.92 Å². The second-order valence-corrected chi connectivity index (χ2v) is 5.49. The Labute approximate surface area is 129 Å². The second-order valence-electron chi connectivity index (χ2n) is 5.49. The summed E-state index contributed by atoms with van der Waals surface area (Å²) in [6.07, 6.45) is 4.24. The van der Waals surface area contributed by atoms with Gasteiger partial charge in [0.15, 0.2) is 0 Å². The molecular formula is C20H16N2. The maximum atomic E-state index is 4.77. The van der Waals surface area contributed by atoms with Crippen molar-refractivity contribution < 1.29 is 0 Å². The molecule has 0 unspecified atom stereocenters. The number of aryl methyl sites for hydroxylation is 1. The summed E-state index contributed by atoms with van der Waals surface area (Å²) in [5.74, 6) is 0. The molecule has 0 bridgehead atoms. The molecule has 0 amide bonds. The zero-order valence-corrected chi connectivity index (χ0v) is 12.4. The summed E-state index contributed by atoms with van der Waals surface area (Å²) in [5.41, 5.74) is 6.83. The van der Waals surface area contributed by atoms with E-state index in [4.69, 9.17) is 4.98 Å². The lowest BCUT2D eigenvalue weighted by molar-refractivity contribution is 1.16. The summed E-state index contributed by atoms with van der Waals surface area (Å²) >= 11 is 0. The van der Waals surface area contributed by atoms with E-state index in [9.17, 15) is 0 Å². The van der Waals surface area contributed by atoms with Crippen LogP contribution < -0.4 is 0 Å². The standard InChI is InChI=1S/C20H16N2/c1-15-13-22-14-19(17-10-6-3-7-11-17)21-20(22)12-18(15)16-8-4-2-5-9-16/h2-14H,1H3. The lowest BCUT2D eigenvalue weighted by atomic mass is 10.0. The Kier molecular flexibility index (Phi) is 3.01. The number of aromatic nitrogens is 2. The third kappa shape index (κ3) is 2.19. The first-order valence-corrected chi connectivity index (χ1v) is 7.41. The lowest BCUT2D eigenvalue weighted by Crippen LogP contribution is -1.89. The van der Waals surface area contributed by atoms with Crippen LogP contribution in [0.25, 0.3) is 28.0 Å². The molecule has 2 heterocycles. The van der Waals surface area contributed by atoms with Gasteiger partial charge in [-0.15, -0.1) is 0 Å². The van der Waals surface area contributed by atoms with Crippen LogP contribution in [0.4, 0.5) is 0 Å². The predicted molar refractivity (Wildman–Crippen MR) is 90.8 cm³/mol. The van der Waals surface area contributed by atoms with Crippen molar-refractivity contribution in [3.8, 4) is 22.4 Å². The number of benzene rings is 2. The molecule has 2 aromatic carbocycles. The SMILES string of the molecule is Cc1cn2cc(-c3ccccc3)nc2cc1-c1ccccc1. The fraction of sp³-hybridized carbons (Fsp3) is 0.0500. The third-order valence-electron chi connectivity index (χ3n) is 3.95. The number of nitrogens with zero attached hydrogens (tertiary/aromatic N) is 2. The fourth-order valence-corrected chi connectivity index (χ4v) is 2.82. The monoisotopic (exact) mass is 284 g/mol. The zero-order valence-electron chi connectivity index (χ0n) is 12.4. The van der Waals surface area contributed by atoms with E-state index in [2.05, 4.69) is 66.2 Å². The van der Waals surface area contributed by atoms with Crippen molar-refractivity contribution >= 4 is 5.65 Å². The largest absolute Gasteiger partial charge is 0.306 e. The third-order valence-corrected chi connectivity index (χ3v) is 3.95. The van der Waals surface area contributed by atoms with Crippen LogP contribution in [0.3, 0.4) is 0 Å². The first-order valence-electron chi connectivity index (χ1n) is 7.41. The zero-order chi connectivity index (χ0) is 14.9. The van der Waals surface area contributed by atoms with Crippen molar-refractivity contribution in [2.24, 2.45) is 0 Å². The minimum Gasteiger partial charge on any atom is -0.306 e. The molecule has 0 saturated carbocycles. The molecule has 0 spiro atoms. The molecular weight excluding hydrogens is 268 g/mol. The highest BCUT2D eigenvalue weighted by Gasteiger charge is 2.08. The Bertz CT molecular complexity index is 922. The first kappa shape index (κ1) is 12.8. The molecule has 0 radical (unpaired) electrons. The van der Waals surface area contributed by atoms with Crippen molar-refractivity contribution in [1.29, 1.82) is 0 Å². The minimum atomic E-state index is 0.975. The Morgan fingerprint density at radius 1 is 0.773 bits per heavy atom. The highest BCUT2D eigenvalue weighted by molar-refractivity contribution is 5.72. The van der Waals surface area contributed by atoms with Crippen LogP contribution in [0.5, 0.6) is 0 Å². The van der Waals surface area contributed by atoms with E-state index in [1.165, 1.54) is 16.7 Å². The molecule has 0 saturated heterocycles. The maximum Gasteiger partial charge on any atom is 0.138 e. The summed E-state index contributed by atoms with van der Waals surface area (Å²) in [6, 6.07) is 22.9. The molecule has 106 valence electrons. The lowest BCUT2D eigenvalue weighted by Gasteiger charge is -2.06. The molecule has 0 aliphatic rings. The van der Waals surface area contributed by atoms with Gasteiger partial charge in [-0.25, -0.2) is 4.98 Å². The molecule has 0 fully saturated rings. The highest BCUT2D eigenvalue weighted by atomic mass is 15.0. The Morgan fingerprint density at radius 2 is 1.41 bits per heavy atom. The van der Waals surface area contributed by atoms with E-state index in [1.54, 1.807) is 0 Å². The van der Waals surface area contributed by atoms with Gasteiger partial charge in [0.2, 0.25) is 0 Å². The number of fused-ring (bicyclic) bond motifs is 1. The van der Waals surface area contributed by atoms with Gasteiger partial charge < -0.3 is 4.40 Å². The summed E-state index contributed by atoms with van der Waals surface area (Å²) in [4.78, 5) is 4.77. The van der Waals surface area contributed by atoms with Gasteiger partial charge in [-0.05, 0) is 29.7 Å². The molecule has 0 aliphatic heterocycles. The predicted octanol–water partition coefficient (Wildman–Crippen LogP) is 4.98. The molecule has 2 aromatic heterocycles. The van der Waals surface area contributed by atoms with Gasteiger partial charge in [0.05, 0.1) is 5.69 Å². The molecule has 4 aromatic rings. The number of rotatable bonds is 2. The molecule has 0 aliphatic carbocycles. The summed E-state index contributed by atoms with van der Waals surface area (Å²) < 4.78 is 2.10. The number of hydrogen-bond acceptors (Lipinski definition) is 1.